The van der Waals surface area contributed by atoms with Crippen LogP contribution in [0.15, 0.2) is 53.7 Å². The maximum atomic E-state index is 13.1. The van der Waals surface area contributed by atoms with Crippen molar-refractivity contribution in [2.45, 2.75) is 29.5 Å². The van der Waals surface area contributed by atoms with E-state index in [1.807, 2.05) is 24.0 Å². The summed E-state index contributed by atoms with van der Waals surface area (Å²) in [6, 6.07) is 9.84. The molecule has 146 valence electrons. The van der Waals surface area contributed by atoms with Gasteiger partial charge in [-0.05, 0) is 50.2 Å². The Labute approximate surface area is 161 Å². The zero-order valence-electron chi connectivity index (χ0n) is 15.4. The van der Waals surface area contributed by atoms with Crippen molar-refractivity contribution >= 4 is 19.7 Å². The lowest BCUT2D eigenvalue weighted by Crippen LogP contribution is -2.45. The van der Waals surface area contributed by atoms with Crippen molar-refractivity contribution in [1.29, 1.82) is 0 Å². The van der Waals surface area contributed by atoms with E-state index >= 15 is 0 Å². The zero-order valence-corrected chi connectivity index (χ0v) is 17.1. The van der Waals surface area contributed by atoms with Crippen LogP contribution in [0.1, 0.15) is 11.1 Å². The van der Waals surface area contributed by atoms with Crippen LogP contribution in [0.4, 0.5) is 0 Å². The molecule has 1 aliphatic heterocycles. The lowest BCUT2D eigenvalue weighted by atomic mass is 10.1. The standard InChI is InChI=1S/C19H24N2O4S2/c1-15-3-5-17(6-4-15)27(24,25)19-14-26(22,23)13-18(19)21(2)12-9-16-7-10-20-11-8-16/h3-8,10-11,18-19H,9,12-14H2,1-2H3/t18-,19-/m1/s1. The summed E-state index contributed by atoms with van der Waals surface area (Å²) in [4.78, 5) is 6.03. The molecule has 0 radical (unpaired) electrons. The van der Waals surface area contributed by atoms with Crippen molar-refractivity contribution in [3.63, 3.8) is 0 Å². The van der Waals surface area contributed by atoms with Crippen LogP contribution in [0.2, 0.25) is 0 Å². The molecule has 2 heterocycles. The molecule has 1 fully saturated rings. The van der Waals surface area contributed by atoms with E-state index < -0.39 is 31.0 Å². The average Bonchev–Trinajstić information content (AvgIpc) is 2.97. The van der Waals surface area contributed by atoms with E-state index in [9.17, 15) is 16.8 Å². The summed E-state index contributed by atoms with van der Waals surface area (Å²) >= 11 is 0. The smallest absolute Gasteiger partial charge is 0.183 e. The van der Waals surface area contributed by atoms with Gasteiger partial charge in [0.05, 0.1) is 21.7 Å². The van der Waals surface area contributed by atoms with Crippen LogP contribution in [0, 0.1) is 6.92 Å². The van der Waals surface area contributed by atoms with Crippen molar-refractivity contribution in [2.24, 2.45) is 0 Å². The number of nitrogens with zero attached hydrogens (tertiary/aromatic N) is 2. The summed E-state index contributed by atoms with van der Waals surface area (Å²) in [7, 11) is -5.34. The highest BCUT2D eigenvalue weighted by atomic mass is 32.2. The summed E-state index contributed by atoms with van der Waals surface area (Å²) in [5, 5.41) is -0.951. The summed E-state index contributed by atoms with van der Waals surface area (Å²) in [5.74, 6) is -0.455. The molecule has 8 heteroatoms. The van der Waals surface area contributed by atoms with Crippen molar-refractivity contribution in [1.82, 2.24) is 9.88 Å². The van der Waals surface area contributed by atoms with E-state index in [0.717, 1.165) is 11.1 Å². The summed E-state index contributed by atoms with van der Waals surface area (Å²) < 4.78 is 50.8. The maximum Gasteiger partial charge on any atom is 0.183 e. The molecular formula is C19H24N2O4S2. The fourth-order valence-corrected chi connectivity index (χ4v) is 8.34. The maximum absolute atomic E-state index is 13.1. The van der Waals surface area contributed by atoms with E-state index in [4.69, 9.17) is 0 Å². The Morgan fingerprint density at radius 3 is 2.33 bits per heavy atom. The first-order valence-electron chi connectivity index (χ1n) is 8.79. The van der Waals surface area contributed by atoms with Gasteiger partial charge in [-0.1, -0.05) is 17.7 Å². The molecule has 2 aromatic rings. The third kappa shape index (κ3) is 4.56. The minimum Gasteiger partial charge on any atom is -0.301 e. The van der Waals surface area contributed by atoms with Gasteiger partial charge in [0.2, 0.25) is 0 Å². The highest BCUT2D eigenvalue weighted by molar-refractivity contribution is 7.96. The fraction of sp³-hybridized carbons (Fsp3) is 0.421. The van der Waals surface area contributed by atoms with Crippen molar-refractivity contribution < 1.29 is 16.8 Å². The number of hydrogen-bond donors (Lipinski definition) is 0. The Bertz CT molecular complexity index is 988. The molecule has 3 rings (SSSR count). The summed E-state index contributed by atoms with van der Waals surface area (Å²) in [6.45, 7) is 2.45. The van der Waals surface area contributed by atoms with Gasteiger partial charge >= 0.3 is 0 Å². The Morgan fingerprint density at radius 1 is 1.07 bits per heavy atom. The van der Waals surface area contributed by atoms with E-state index in [2.05, 4.69) is 4.98 Å². The van der Waals surface area contributed by atoms with Crippen molar-refractivity contribution in [3.8, 4) is 0 Å². The number of sulfone groups is 2. The normalized spacial score (nSPS) is 22.2. The van der Waals surface area contributed by atoms with Gasteiger partial charge in [-0.3, -0.25) is 4.98 Å². The first-order chi connectivity index (χ1) is 12.7. The molecule has 0 bridgehead atoms. The van der Waals surface area contributed by atoms with Crippen LogP contribution < -0.4 is 0 Å². The number of rotatable bonds is 6. The van der Waals surface area contributed by atoms with E-state index in [1.54, 1.807) is 43.7 Å². The number of benzene rings is 1. The quantitative estimate of drug-likeness (QED) is 0.720. The molecule has 0 spiro atoms. The molecule has 1 aliphatic rings. The molecule has 27 heavy (non-hydrogen) atoms. The predicted molar refractivity (Wildman–Crippen MR) is 105 cm³/mol. The van der Waals surface area contributed by atoms with Crippen LogP contribution in [-0.4, -0.2) is 63.1 Å². The van der Waals surface area contributed by atoms with E-state index in [-0.39, 0.29) is 16.4 Å². The molecule has 2 atom stereocenters. The molecular weight excluding hydrogens is 384 g/mol. The predicted octanol–water partition coefficient (Wildman–Crippen LogP) is 1.50. The van der Waals surface area contributed by atoms with Gasteiger partial charge in [0, 0.05) is 25.0 Å². The van der Waals surface area contributed by atoms with Gasteiger partial charge in [0.25, 0.3) is 0 Å². The van der Waals surface area contributed by atoms with Crippen molar-refractivity contribution in [2.75, 3.05) is 25.1 Å². The molecule has 0 unspecified atom stereocenters. The molecule has 0 saturated carbocycles. The minimum atomic E-state index is -3.73. The number of aryl methyl sites for hydroxylation is 1. The van der Waals surface area contributed by atoms with Gasteiger partial charge in [-0.25, -0.2) is 16.8 Å². The van der Waals surface area contributed by atoms with Gasteiger partial charge in [-0.15, -0.1) is 0 Å². The van der Waals surface area contributed by atoms with Gasteiger partial charge in [-0.2, -0.15) is 0 Å². The van der Waals surface area contributed by atoms with Gasteiger partial charge in [0.15, 0.2) is 19.7 Å². The molecule has 1 saturated heterocycles. The lowest BCUT2D eigenvalue weighted by molar-refractivity contribution is 0.266. The van der Waals surface area contributed by atoms with Crippen LogP contribution in [0.25, 0.3) is 0 Å². The fourth-order valence-electron chi connectivity index (χ4n) is 3.43. The Morgan fingerprint density at radius 2 is 1.70 bits per heavy atom. The second kappa shape index (κ2) is 7.69. The van der Waals surface area contributed by atoms with Crippen LogP contribution in [-0.2, 0) is 26.1 Å². The average molecular weight is 409 g/mol. The monoisotopic (exact) mass is 408 g/mol. The van der Waals surface area contributed by atoms with Crippen LogP contribution in [0.5, 0.6) is 0 Å². The van der Waals surface area contributed by atoms with Crippen LogP contribution >= 0.6 is 0 Å². The Hall–Kier alpha value is -1.77. The second-order valence-corrected chi connectivity index (χ2v) is 11.4. The highest BCUT2D eigenvalue weighted by Crippen LogP contribution is 2.28. The number of hydrogen-bond acceptors (Lipinski definition) is 6. The van der Waals surface area contributed by atoms with E-state index in [0.29, 0.717) is 13.0 Å². The second-order valence-electron chi connectivity index (χ2n) is 7.13. The molecule has 1 aromatic carbocycles. The minimum absolute atomic E-state index is 0.129. The topological polar surface area (TPSA) is 84.4 Å². The SMILES string of the molecule is Cc1ccc(S(=O)(=O)[C@@H]2CS(=O)(=O)C[C@H]2N(C)CCc2ccncc2)cc1. The number of pyridine rings is 1. The first kappa shape index (κ1) is 20.0. The highest BCUT2D eigenvalue weighted by Gasteiger charge is 2.47. The first-order valence-corrected chi connectivity index (χ1v) is 12.2. The Kier molecular flexibility index (Phi) is 5.69. The zero-order chi connectivity index (χ0) is 19.7. The van der Waals surface area contributed by atoms with Crippen molar-refractivity contribution in [3.05, 3.63) is 59.9 Å². The molecule has 0 N–H and O–H groups in total. The third-order valence-electron chi connectivity index (χ3n) is 5.09. The molecule has 1 aromatic heterocycles. The summed E-state index contributed by atoms with van der Waals surface area (Å²) in [5.41, 5.74) is 2.04. The largest absolute Gasteiger partial charge is 0.301 e. The van der Waals surface area contributed by atoms with Gasteiger partial charge < -0.3 is 4.90 Å². The number of likely N-dealkylation sites (N-methyl/N-ethyl adjacent to an activating group) is 1. The molecule has 0 amide bonds. The summed E-state index contributed by atoms with van der Waals surface area (Å²) in [6.07, 6.45) is 4.12. The van der Waals surface area contributed by atoms with Crippen LogP contribution in [0.3, 0.4) is 0 Å². The van der Waals surface area contributed by atoms with Gasteiger partial charge in [0.1, 0.15) is 0 Å². The van der Waals surface area contributed by atoms with E-state index in [1.165, 1.54) is 0 Å². The Balaban J connectivity index is 1.83. The third-order valence-corrected chi connectivity index (χ3v) is 9.22. The molecule has 6 nitrogen and oxygen atoms in total. The molecule has 0 aliphatic carbocycles. The number of aromatic nitrogens is 1. The lowest BCUT2D eigenvalue weighted by Gasteiger charge is -2.28.